The molecule has 0 spiro atoms. The molecule has 0 bridgehead atoms. The maximum absolute atomic E-state index is 13.1. The molecule has 0 aromatic heterocycles. The van der Waals surface area contributed by atoms with Crippen LogP contribution in [-0.2, 0) is 16.2 Å². The first-order valence-electron chi connectivity index (χ1n) is 9.66. The fourth-order valence-corrected chi connectivity index (χ4v) is 3.56. The highest BCUT2D eigenvalue weighted by molar-refractivity contribution is 6.43. The molecule has 0 atom stereocenters. The Morgan fingerprint density at radius 1 is 0.879 bits per heavy atom. The van der Waals surface area contributed by atoms with Crippen molar-refractivity contribution in [3.05, 3.63) is 98.5 Å². The lowest BCUT2D eigenvalue weighted by molar-refractivity contribution is -0.122. The van der Waals surface area contributed by atoms with Crippen LogP contribution in [0.5, 0.6) is 5.75 Å². The molecule has 1 saturated heterocycles. The third-order valence-corrected chi connectivity index (χ3v) is 5.78. The van der Waals surface area contributed by atoms with Crippen molar-refractivity contribution < 1.29 is 19.1 Å². The number of ether oxygens (including phenoxy) is 1. The van der Waals surface area contributed by atoms with Gasteiger partial charge >= 0.3 is 6.03 Å². The van der Waals surface area contributed by atoms with Crippen LogP contribution in [0, 0.1) is 0 Å². The highest BCUT2D eigenvalue weighted by Crippen LogP contribution is 2.30. The molecule has 6 nitrogen and oxygen atoms in total. The normalized spacial score (nSPS) is 15.1. The SMILES string of the molecule is O=C1NC(=O)N(c2ccc(Cl)c(Cl)c2)C(=O)/C1=C/c1ccccc1OCc1ccc(Cl)cc1. The number of nitrogens with one attached hydrogen (secondary N) is 1. The lowest BCUT2D eigenvalue weighted by Crippen LogP contribution is -2.54. The van der Waals surface area contributed by atoms with Crippen LogP contribution in [0.3, 0.4) is 0 Å². The standard InChI is InChI=1S/C24H15Cl3N2O4/c25-16-7-5-14(6-8-16)13-33-21-4-2-1-3-15(21)11-18-22(30)28-24(32)29(23(18)31)17-9-10-19(26)20(27)12-17/h1-12H,13H2,(H,28,30,32)/b18-11+. The minimum Gasteiger partial charge on any atom is -0.488 e. The number of anilines is 1. The van der Waals surface area contributed by atoms with Gasteiger partial charge < -0.3 is 4.74 Å². The molecule has 0 unspecified atom stereocenters. The van der Waals surface area contributed by atoms with Crippen molar-refractivity contribution in [2.75, 3.05) is 4.90 Å². The van der Waals surface area contributed by atoms with Gasteiger partial charge in [0.25, 0.3) is 11.8 Å². The Hall–Kier alpha value is -3.32. The molecule has 1 heterocycles. The molecular weight excluding hydrogens is 487 g/mol. The van der Waals surface area contributed by atoms with E-state index in [1.807, 2.05) is 12.1 Å². The average Bonchev–Trinajstić information content (AvgIpc) is 2.79. The smallest absolute Gasteiger partial charge is 0.335 e. The van der Waals surface area contributed by atoms with Gasteiger partial charge in [0.05, 0.1) is 15.7 Å². The van der Waals surface area contributed by atoms with Crippen molar-refractivity contribution in [2.45, 2.75) is 6.61 Å². The summed E-state index contributed by atoms with van der Waals surface area (Å²) in [6, 6.07) is 17.5. The Labute approximate surface area is 204 Å². The lowest BCUT2D eigenvalue weighted by atomic mass is 10.1. The third kappa shape index (κ3) is 5.03. The first-order valence-corrected chi connectivity index (χ1v) is 10.8. The van der Waals surface area contributed by atoms with E-state index in [0.29, 0.717) is 16.3 Å². The molecule has 4 rings (SSSR count). The number of amides is 4. The Morgan fingerprint density at radius 3 is 2.33 bits per heavy atom. The van der Waals surface area contributed by atoms with Gasteiger partial charge in [0, 0.05) is 10.6 Å². The molecular formula is C24H15Cl3N2O4. The summed E-state index contributed by atoms with van der Waals surface area (Å²) < 4.78 is 5.89. The average molecular weight is 502 g/mol. The zero-order valence-electron chi connectivity index (χ0n) is 16.8. The van der Waals surface area contributed by atoms with Crippen molar-refractivity contribution >= 4 is 64.4 Å². The van der Waals surface area contributed by atoms with E-state index in [9.17, 15) is 14.4 Å². The van der Waals surface area contributed by atoms with E-state index in [-0.39, 0.29) is 27.9 Å². The number of rotatable bonds is 5. The zero-order chi connectivity index (χ0) is 23.5. The second-order valence-corrected chi connectivity index (χ2v) is 8.26. The highest BCUT2D eigenvalue weighted by atomic mass is 35.5. The third-order valence-electron chi connectivity index (χ3n) is 4.79. The van der Waals surface area contributed by atoms with E-state index >= 15 is 0 Å². The number of barbiturate groups is 1. The molecule has 1 aliphatic rings. The highest BCUT2D eigenvalue weighted by Gasteiger charge is 2.37. The molecule has 9 heteroatoms. The van der Waals surface area contributed by atoms with Crippen LogP contribution in [0.2, 0.25) is 15.1 Å². The predicted octanol–water partition coefficient (Wildman–Crippen LogP) is 5.89. The maximum Gasteiger partial charge on any atom is 0.335 e. The minimum atomic E-state index is -0.882. The summed E-state index contributed by atoms with van der Waals surface area (Å²) >= 11 is 17.9. The molecule has 0 aliphatic carbocycles. The number of hydrogen-bond donors (Lipinski definition) is 1. The fourth-order valence-electron chi connectivity index (χ4n) is 3.14. The Balaban J connectivity index is 1.64. The Morgan fingerprint density at radius 2 is 1.61 bits per heavy atom. The van der Waals surface area contributed by atoms with Crippen LogP contribution in [0.4, 0.5) is 10.5 Å². The van der Waals surface area contributed by atoms with Crippen molar-refractivity contribution in [1.29, 1.82) is 0 Å². The number of carbonyl (C=O) groups excluding carboxylic acids is 3. The quantitative estimate of drug-likeness (QED) is 0.349. The summed E-state index contributed by atoms with van der Waals surface area (Å²) in [5, 5.41) is 3.22. The Bertz CT molecular complexity index is 1290. The largest absolute Gasteiger partial charge is 0.488 e. The molecule has 1 fully saturated rings. The van der Waals surface area contributed by atoms with Crippen molar-refractivity contribution in [3.8, 4) is 5.75 Å². The summed E-state index contributed by atoms with van der Waals surface area (Å²) in [5.41, 5.74) is 1.33. The van der Waals surface area contributed by atoms with Gasteiger partial charge in [0.2, 0.25) is 0 Å². The topological polar surface area (TPSA) is 75.7 Å². The monoisotopic (exact) mass is 500 g/mol. The van der Waals surface area contributed by atoms with Gasteiger partial charge in [-0.05, 0) is 48.0 Å². The van der Waals surface area contributed by atoms with Crippen LogP contribution in [0.15, 0.2) is 72.3 Å². The van der Waals surface area contributed by atoms with Crippen molar-refractivity contribution in [1.82, 2.24) is 5.32 Å². The molecule has 0 saturated carbocycles. The van der Waals surface area contributed by atoms with Crippen LogP contribution in [-0.4, -0.2) is 17.8 Å². The van der Waals surface area contributed by atoms with Gasteiger partial charge in [-0.25, -0.2) is 9.69 Å². The lowest BCUT2D eigenvalue weighted by Gasteiger charge is -2.26. The molecule has 166 valence electrons. The van der Waals surface area contributed by atoms with E-state index in [4.69, 9.17) is 39.5 Å². The van der Waals surface area contributed by atoms with E-state index in [2.05, 4.69) is 5.32 Å². The van der Waals surface area contributed by atoms with Gasteiger partial charge in [-0.1, -0.05) is 65.1 Å². The van der Waals surface area contributed by atoms with E-state index in [1.54, 1.807) is 36.4 Å². The maximum atomic E-state index is 13.1. The predicted molar refractivity (Wildman–Crippen MR) is 128 cm³/mol. The Kier molecular flexibility index (Phi) is 6.70. The number of nitrogens with zero attached hydrogens (tertiary/aromatic N) is 1. The number of urea groups is 1. The molecule has 1 aliphatic heterocycles. The molecule has 4 amide bonds. The van der Waals surface area contributed by atoms with Crippen molar-refractivity contribution in [2.24, 2.45) is 0 Å². The zero-order valence-corrected chi connectivity index (χ0v) is 19.1. The molecule has 3 aromatic rings. The molecule has 3 aromatic carbocycles. The number of halogens is 3. The fraction of sp³-hybridized carbons (Fsp3) is 0.0417. The summed E-state index contributed by atoms with van der Waals surface area (Å²) in [6.45, 7) is 0.255. The molecule has 1 N–H and O–H groups in total. The summed E-state index contributed by atoms with van der Waals surface area (Å²) in [7, 11) is 0. The summed E-state index contributed by atoms with van der Waals surface area (Å²) in [6.07, 6.45) is 1.38. The number of hydrogen-bond acceptors (Lipinski definition) is 4. The molecule has 33 heavy (non-hydrogen) atoms. The number of imide groups is 2. The second kappa shape index (κ2) is 9.67. The van der Waals surface area contributed by atoms with Crippen LogP contribution in [0.25, 0.3) is 6.08 Å². The number of carbonyl (C=O) groups is 3. The summed E-state index contributed by atoms with van der Waals surface area (Å²) in [5.74, 6) is -1.15. The van der Waals surface area contributed by atoms with Crippen LogP contribution >= 0.6 is 34.8 Å². The van der Waals surface area contributed by atoms with E-state index < -0.39 is 17.8 Å². The number of para-hydroxylation sites is 1. The van der Waals surface area contributed by atoms with Gasteiger partial charge in [-0.15, -0.1) is 0 Å². The van der Waals surface area contributed by atoms with Gasteiger partial charge in [0.15, 0.2) is 0 Å². The van der Waals surface area contributed by atoms with Gasteiger partial charge in [0.1, 0.15) is 17.9 Å². The van der Waals surface area contributed by atoms with E-state index in [0.717, 1.165) is 10.5 Å². The van der Waals surface area contributed by atoms with E-state index in [1.165, 1.54) is 24.3 Å². The van der Waals surface area contributed by atoms with Crippen LogP contribution in [0.1, 0.15) is 11.1 Å². The minimum absolute atomic E-state index is 0.165. The second-order valence-electron chi connectivity index (χ2n) is 7.01. The number of benzene rings is 3. The van der Waals surface area contributed by atoms with Gasteiger partial charge in [-0.3, -0.25) is 14.9 Å². The first-order chi connectivity index (χ1) is 15.8. The van der Waals surface area contributed by atoms with Gasteiger partial charge in [-0.2, -0.15) is 0 Å². The summed E-state index contributed by atoms with van der Waals surface area (Å²) in [4.78, 5) is 38.8. The van der Waals surface area contributed by atoms with Crippen molar-refractivity contribution in [3.63, 3.8) is 0 Å². The van der Waals surface area contributed by atoms with Crippen LogP contribution < -0.4 is 15.0 Å². The molecule has 0 radical (unpaired) electrons. The first kappa shape index (κ1) is 22.9.